The molecule has 1 heterocycles. The molecule has 1 aromatic heterocycles. The molecule has 0 N–H and O–H groups in total. The smallest absolute Gasteiger partial charge is 0.255 e. The quantitative estimate of drug-likeness (QED) is 0.432. The molecule has 3 nitrogen and oxygen atoms in total. The minimum Gasteiger partial charge on any atom is -0.485 e. The fraction of sp³-hybridized carbons (Fsp3) is 0.545. The molecule has 102 valence electrons. The minimum atomic E-state index is -1.74. The van der Waals surface area contributed by atoms with Crippen molar-refractivity contribution in [1.29, 1.82) is 0 Å². The molecule has 0 aliphatic rings. The average molecular weight is 267 g/mol. The highest BCUT2D eigenvalue weighted by molar-refractivity contribution is 5.24. The van der Waals surface area contributed by atoms with E-state index in [1.807, 2.05) is 6.92 Å². The summed E-state index contributed by atoms with van der Waals surface area (Å²) in [5.74, 6) is -7.89. The van der Waals surface area contributed by atoms with E-state index in [9.17, 15) is 17.6 Å². The largest absolute Gasteiger partial charge is 0.485 e. The van der Waals surface area contributed by atoms with Crippen LogP contribution in [0, 0.1) is 23.5 Å². The molecule has 0 atom stereocenters. The van der Waals surface area contributed by atoms with Gasteiger partial charge in [-0.2, -0.15) is 22.5 Å². The van der Waals surface area contributed by atoms with Crippen molar-refractivity contribution in [3.63, 3.8) is 0 Å². The Balaban J connectivity index is 2.52. The summed E-state index contributed by atoms with van der Waals surface area (Å²) in [7, 11) is 0. The van der Waals surface area contributed by atoms with Crippen LogP contribution in [0.25, 0.3) is 0 Å². The van der Waals surface area contributed by atoms with Crippen LogP contribution in [0.1, 0.15) is 19.8 Å². The number of unbranched alkanes of at least 4 members (excludes halogenated alkanes) is 1. The molecule has 0 aliphatic carbocycles. The summed E-state index contributed by atoms with van der Waals surface area (Å²) in [5.41, 5.74) is 0. The number of hydrogen-bond donors (Lipinski definition) is 0. The van der Waals surface area contributed by atoms with Crippen molar-refractivity contribution in [2.75, 3.05) is 19.8 Å². The highest BCUT2D eigenvalue weighted by atomic mass is 19.2. The maximum Gasteiger partial charge on any atom is 0.255 e. The Morgan fingerprint density at radius 3 is 2.11 bits per heavy atom. The van der Waals surface area contributed by atoms with Gasteiger partial charge in [0.25, 0.3) is 11.9 Å². The standard InChI is InChI=1S/C11H13F4NO2/c1-2-3-4-17-5-6-18-9-7(12)10(14)16-11(15)8(9)13/h2-6H2,1H3. The van der Waals surface area contributed by atoms with Gasteiger partial charge < -0.3 is 9.47 Å². The van der Waals surface area contributed by atoms with E-state index in [1.165, 1.54) is 0 Å². The van der Waals surface area contributed by atoms with Gasteiger partial charge in [-0.25, -0.2) is 0 Å². The third-order valence-corrected chi connectivity index (χ3v) is 2.07. The van der Waals surface area contributed by atoms with Gasteiger partial charge in [0.05, 0.1) is 6.61 Å². The van der Waals surface area contributed by atoms with Gasteiger partial charge in [0.15, 0.2) is 0 Å². The Labute approximate surface area is 102 Å². The lowest BCUT2D eigenvalue weighted by Crippen LogP contribution is -2.11. The summed E-state index contributed by atoms with van der Waals surface area (Å²) in [6.07, 6.45) is 1.80. The minimum absolute atomic E-state index is 0.0739. The Morgan fingerprint density at radius 1 is 0.944 bits per heavy atom. The fourth-order valence-corrected chi connectivity index (χ4v) is 1.15. The SMILES string of the molecule is CCCCOCCOc1c(F)c(F)nc(F)c1F. The summed E-state index contributed by atoms with van der Waals surface area (Å²) in [5, 5.41) is 0. The van der Waals surface area contributed by atoms with Gasteiger partial charge in [-0.15, -0.1) is 0 Å². The molecular weight excluding hydrogens is 254 g/mol. The lowest BCUT2D eigenvalue weighted by atomic mass is 10.4. The summed E-state index contributed by atoms with van der Waals surface area (Å²) in [4.78, 5) is 2.41. The second-order valence-corrected chi connectivity index (χ2v) is 3.46. The van der Waals surface area contributed by atoms with Gasteiger partial charge in [-0.05, 0) is 6.42 Å². The fourth-order valence-electron chi connectivity index (χ4n) is 1.15. The number of halogens is 4. The number of ether oxygens (including phenoxy) is 2. The molecule has 0 spiro atoms. The molecule has 0 fully saturated rings. The Morgan fingerprint density at radius 2 is 1.56 bits per heavy atom. The lowest BCUT2D eigenvalue weighted by molar-refractivity contribution is 0.0940. The van der Waals surface area contributed by atoms with Crippen molar-refractivity contribution < 1.29 is 27.0 Å². The van der Waals surface area contributed by atoms with Gasteiger partial charge >= 0.3 is 0 Å². The highest BCUT2D eigenvalue weighted by Crippen LogP contribution is 2.24. The van der Waals surface area contributed by atoms with E-state index in [0.717, 1.165) is 12.8 Å². The summed E-state index contributed by atoms with van der Waals surface area (Å²) in [6, 6.07) is 0. The van der Waals surface area contributed by atoms with Crippen LogP contribution in [-0.2, 0) is 4.74 Å². The molecule has 0 bridgehead atoms. The van der Waals surface area contributed by atoms with Crippen LogP contribution in [0.5, 0.6) is 5.75 Å². The van der Waals surface area contributed by atoms with Crippen LogP contribution < -0.4 is 4.74 Å². The molecular formula is C11H13F4NO2. The maximum atomic E-state index is 13.1. The molecule has 0 amide bonds. The predicted octanol–water partition coefficient (Wildman–Crippen LogP) is 2.83. The second kappa shape index (κ2) is 7.15. The Bertz CT molecular complexity index is 375. The lowest BCUT2D eigenvalue weighted by Gasteiger charge is -2.09. The van der Waals surface area contributed by atoms with Crippen molar-refractivity contribution in [2.24, 2.45) is 0 Å². The molecule has 0 aliphatic heterocycles. The van der Waals surface area contributed by atoms with Gasteiger partial charge in [0, 0.05) is 6.61 Å². The molecule has 0 saturated heterocycles. The topological polar surface area (TPSA) is 31.4 Å². The van der Waals surface area contributed by atoms with E-state index >= 15 is 0 Å². The van der Waals surface area contributed by atoms with E-state index in [4.69, 9.17) is 4.74 Å². The Kier molecular flexibility index (Phi) is 5.84. The summed E-state index contributed by atoms with van der Waals surface area (Å²) < 4.78 is 61.2. The molecule has 0 unspecified atom stereocenters. The van der Waals surface area contributed by atoms with Crippen molar-refractivity contribution >= 4 is 0 Å². The first-order chi connectivity index (χ1) is 8.57. The van der Waals surface area contributed by atoms with Crippen LogP contribution in [0.3, 0.4) is 0 Å². The van der Waals surface area contributed by atoms with Crippen LogP contribution in [0.4, 0.5) is 17.6 Å². The van der Waals surface area contributed by atoms with Gasteiger partial charge in [0.1, 0.15) is 6.61 Å². The Hall–Kier alpha value is -1.37. The molecule has 1 rings (SSSR count). The van der Waals surface area contributed by atoms with E-state index in [1.54, 1.807) is 0 Å². The van der Waals surface area contributed by atoms with Crippen LogP contribution in [0.15, 0.2) is 0 Å². The maximum absolute atomic E-state index is 13.1. The third-order valence-electron chi connectivity index (χ3n) is 2.07. The zero-order valence-electron chi connectivity index (χ0n) is 9.81. The van der Waals surface area contributed by atoms with Gasteiger partial charge in [0.2, 0.25) is 17.4 Å². The van der Waals surface area contributed by atoms with Crippen LogP contribution in [0.2, 0.25) is 0 Å². The molecule has 0 radical (unpaired) electrons. The van der Waals surface area contributed by atoms with E-state index < -0.39 is 29.3 Å². The van der Waals surface area contributed by atoms with Crippen molar-refractivity contribution in [3.05, 3.63) is 23.5 Å². The number of pyridine rings is 1. The third kappa shape index (κ3) is 3.83. The van der Waals surface area contributed by atoms with E-state index in [0.29, 0.717) is 6.61 Å². The normalized spacial score (nSPS) is 10.7. The van der Waals surface area contributed by atoms with Crippen molar-refractivity contribution in [1.82, 2.24) is 4.98 Å². The van der Waals surface area contributed by atoms with E-state index in [2.05, 4.69) is 9.72 Å². The van der Waals surface area contributed by atoms with Crippen molar-refractivity contribution in [3.8, 4) is 5.75 Å². The average Bonchev–Trinajstić information content (AvgIpc) is 2.35. The summed E-state index contributed by atoms with van der Waals surface area (Å²) in [6.45, 7) is 2.34. The number of hydrogen-bond acceptors (Lipinski definition) is 3. The van der Waals surface area contributed by atoms with Gasteiger partial charge in [-0.1, -0.05) is 13.3 Å². The molecule has 0 saturated carbocycles. The molecule has 1 aromatic rings. The van der Waals surface area contributed by atoms with Crippen molar-refractivity contribution in [2.45, 2.75) is 19.8 Å². The van der Waals surface area contributed by atoms with Gasteiger partial charge in [-0.3, -0.25) is 0 Å². The zero-order valence-corrected chi connectivity index (χ0v) is 9.81. The summed E-state index contributed by atoms with van der Waals surface area (Å²) >= 11 is 0. The monoisotopic (exact) mass is 267 g/mol. The highest BCUT2D eigenvalue weighted by Gasteiger charge is 2.21. The first-order valence-electron chi connectivity index (χ1n) is 5.48. The first kappa shape index (κ1) is 14.7. The van der Waals surface area contributed by atoms with E-state index in [-0.39, 0.29) is 13.2 Å². The molecule has 7 heteroatoms. The zero-order chi connectivity index (χ0) is 13.5. The molecule has 18 heavy (non-hydrogen) atoms. The second-order valence-electron chi connectivity index (χ2n) is 3.46. The number of nitrogens with zero attached hydrogens (tertiary/aromatic N) is 1. The molecule has 0 aromatic carbocycles. The number of aromatic nitrogens is 1. The number of rotatable bonds is 7. The van der Waals surface area contributed by atoms with Crippen LogP contribution >= 0.6 is 0 Å². The predicted molar refractivity (Wildman–Crippen MR) is 55.3 cm³/mol. The first-order valence-corrected chi connectivity index (χ1v) is 5.48. The van der Waals surface area contributed by atoms with Crippen LogP contribution in [-0.4, -0.2) is 24.8 Å².